The van der Waals surface area contributed by atoms with Crippen molar-refractivity contribution >= 4 is 29.3 Å². The van der Waals surface area contributed by atoms with Crippen molar-refractivity contribution in [2.75, 3.05) is 11.1 Å². The van der Waals surface area contributed by atoms with Crippen LogP contribution in [0.2, 0.25) is 0 Å². The molecule has 0 saturated heterocycles. The molecule has 168 valence electrons. The van der Waals surface area contributed by atoms with E-state index in [0.29, 0.717) is 22.2 Å². The van der Waals surface area contributed by atoms with Gasteiger partial charge >= 0.3 is 0 Å². The second-order valence-corrected chi connectivity index (χ2v) is 8.75. The van der Waals surface area contributed by atoms with Crippen LogP contribution in [-0.4, -0.2) is 32.3 Å². The summed E-state index contributed by atoms with van der Waals surface area (Å²) in [7, 11) is 1.81. The Bertz CT molecular complexity index is 1100. The van der Waals surface area contributed by atoms with Crippen molar-refractivity contribution in [3.05, 3.63) is 71.3 Å². The van der Waals surface area contributed by atoms with Crippen LogP contribution in [0, 0.1) is 18.7 Å². The largest absolute Gasteiger partial charge is 0.342 e. The summed E-state index contributed by atoms with van der Waals surface area (Å²) in [4.78, 5) is 25.0. The molecule has 2 N–H and O–H groups in total. The van der Waals surface area contributed by atoms with E-state index in [4.69, 9.17) is 0 Å². The van der Waals surface area contributed by atoms with Gasteiger partial charge in [-0.1, -0.05) is 43.3 Å². The lowest BCUT2D eigenvalue weighted by atomic mass is 10.0. The molecule has 3 rings (SSSR count). The van der Waals surface area contributed by atoms with E-state index in [1.54, 1.807) is 10.6 Å². The number of nitrogens with zero attached hydrogens (tertiary/aromatic N) is 3. The van der Waals surface area contributed by atoms with Gasteiger partial charge in [0.05, 0.1) is 11.8 Å². The van der Waals surface area contributed by atoms with Gasteiger partial charge in [0.25, 0.3) is 5.91 Å². The van der Waals surface area contributed by atoms with Crippen molar-refractivity contribution in [1.29, 1.82) is 0 Å². The highest BCUT2D eigenvalue weighted by Crippen LogP contribution is 2.24. The second kappa shape index (κ2) is 10.4. The quantitative estimate of drug-likeness (QED) is 0.499. The third kappa shape index (κ3) is 5.94. The Kier molecular flexibility index (Phi) is 7.63. The van der Waals surface area contributed by atoms with Gasteiger partial charge in [0.1, 0.15) is 5.82 Å². The standard InChI is InChI=1S/C23H26FN5O2S/c1-14(2)20(26-22(31)16-7-5-6-15(3)12-16)21-27-28-23(29(21)4)32-13-19(30)25-18-10-8-17(24)9-11-18/h5-12,14,20H,13H2,1-4H3,(H,25,30)(H,26,31)/t20-/m1/s1. The van der Waals surface area contributed by atoms with E-state index in [1.165, 1.54) is 36.0 Å². The van der Waals surface area contributed by atoms with Crippen molar-refractivity contribution in [2.24, 2.45) is 13.0 Å². The third-order valence-electron chi connectivity index (χ3n) is 4.84. The minimum Gasteiger partial charge on any atom is -0.342 e. The van der Waals surface area contributed by atoms with Crippen LogP contribution in [0.15, 0.2) is 53.7 Å². The number of benzene rings is 2. The molecule has 0 fully saturated rings. The first-order chi connectivity index (χ1) is 15.2. The van der Waals surface area contributed by atoms with Crippen LogP contribution in [0.3, 0.4) is 0 Å². The van der Waals surface area contributed by atoms with Crippen LogP contribution in [0.5, 0.6) is 0 Å². The molecule has 0 spiro atoms. The molecule has 1 aromatic heterocycles. The zero-order chi connectivity index (χ0) is 23.3. The van der Waals surface area contributed by atoms with Gasteiger partial charge in [0.15, 0.2) is 11.0 Å². The molecule has 0 saturated carbocycles. The van der Waals surface area contributed by atoms with E-state index in [9.17, 15) is 14.0 Å². The molecule has 0 aliphatic rings. The van der Waals surface area contributed by atoms with Crippen molar-refractivity contribution in [2.45, 2.75) is 32.0 Å². The van der Waals surface area contributed by atoms with Crippen LogP contribution in [-0.2, 0) is 11.8 Å². The molecule has 9 heteroatoms. The van der Waals surface area contributed by atoms with E-state index in [-0.39, 0.29) is 35.3 Å². The Morgan fingerprint density at radius 1 is 1.12 bits per heavy atom. The molecule has 0 radical (unpaired) electrons. The summed E-state index contributed by atoms with van der Waals surface area (Å²) >= 11 is 1.24. The molecule has 2 amide bonds. The number of amides is 2. The SMILES string of the molecule is Cc1cccc(C(=O)N[C@@H](c2nnc(SCC(=O)Nc3ccc(F)cc3)n2C)C(C)C)c1. The predicted octanol–water partition coefficient (Wildman–Crippen LogP) is 4.12. The van der Waals surface area contributed by atoms with E-state index in [0.717, 1.165) is 5.56 Å². The fourth-order valence-electron chi connectivity index (χ4n) is 3.12. The molecule has 7 nitrogen and oxygen atoms in total. The molecule has 0 bridgehead atoms. The number of thioether (sulfide) groups is 1. The zero-order valence-electron chi connectivity index (χ0n) is 18.4. The average molecular weight is 456 g/mol. The molecule has 1 atom stereocenters. The topological polar surface area (TPSA) is 88.9 Å². The Balaban J connectivity index is 1.66. The molecule has 1 heterocycles. The lowest BCUT2D eigenvalue weighted by molar-refractivity contribution is -0.113. The molecule has 32 heavy (non-hydrogen) atoms. The summed E-state index contributed by atoms with van der Waals surface area (Å²) in [5.74, 6) is 0.0280. The predicted molar refractivity (Wildman–Crippen MR) is 123 cm³/mol. The normalized spacial score (nSPS) is 11.9. The third-order valence-corrected chi connectivity index (χ3v) is 5.86. The van der Waals surface area contributed by atoms with Gasteiger partial charge in [-0.3, -0.25) is 9.59 Å². The van der Waals surface area contributed by atoms with Crippen molar-refractivity contribution < 1.29 is 14.0 Å². The molecule has 0 unspecified atom stereocenters. The number of aromatic nitrogens is 3. The second-order valence-electron chi connectivity index (χ2n) is 7.81. The van der Waals surface area contributed by atoms with Gasteiger partial charge in [-0.15, -0.1) is 10.2 Å². The van der Waals surface area contributed by atoms with Crippen LogP contribution >= 0.6 is 11.8 Å². The number of carbonyl (C=O) groups excluding carboxylic acids is 2. The molecular formula is C23H26FN5O2S. The van der Waals surface area contributed by atoms with E-state index in [1.807, 2.05) is 46.0 Å². The Morgan fingerprint density at radius 2 is 1.84 bits per heavy atom. The maximum atomic E-state index is 13.0. The summed E-state index contributed by atoms with van der Waals surface area (Å²) < 4.78 is 14.8. The zero-order valence-corrected chi connectivity index (χ0v) is 19.2. The first-order valence-corrected chi connectivity index (χ1v) is 11.2. The number of nitrogens with one attached hydrogen (secondary N) is 2. The molecule has 0 aliphatic carbocycles. The van der Waals surface area contributed by atoms with Crippen LogP contribution in [0.25, 0.3) is 0 Å². The molecule has 2 aromatic carbocycles. The van der Waals surface area contributed by atoms with Gasteiger partial charge in [0.2, 0.25) is 5.91 Å². The van der Waals surface area contributed by atoms with Gasteiger partial charge in [-0.25, -0.2) is 4.39 Å². The van der Waals surface area contributed by atoms with E-state index >= 15 is 0 Å². The van der Waals surface area contributed by atoms with Gasteiger partial charge in [-0.2, -0.15) is 0 Å². The first kappa shape index (κ1) is 23.5. The fourth-order valence-corrected chi connectivity index (χ4v) is 3.84. The highest BCUT2D eigenvalue weighted by Gasteiger charge is 2.25. The summed E-state index contributed by atoms with van der Waals surface area (Å²) in [6, 6.07) is 12.6. The van der Waals surface area contributed by atoms with Crippen molar-refractivity contribution in [3.63, 3.8) is 0 Å². The molecule has 0 aliphatic heterocycles. The van der Waals surface area contributed by atoms with Crippen LogP contribution in [0.1, 0.15) is 41.6 Å². The summed E-state index contributed by atoms with van der Waals surface area (Å²) in [6.45, 7) is 5.94. The average Bonchev–Trinajstić information content (AvgIpc) is 3.11. The van der Waals surface area contributed by atoms with E-state index in [2.05, 4.69) is 20.8 Å². The fraction of sp³-hybridized carbons (Fsp3) is 0.304. The molecular weight excluding hydrogens is 429 g/mol. The number of hydrogen-bond acceptors (Lipinski definition) is 5. The number of halogens is 1. The summed E-state index contributed by atoms with van der Waals surface area (Å²) in [5, 5.41) is 14.8. The van der Waals surface area contributed by atoms with Gasteiger partial charge < -0.3 is 15.2 Å². The maximum absolute atomic E-state index is 13.0. The van der Waals surface area contributed by atoms with E-state index < -0.39 is 0 Å². The number of rotatable bonds is 8. The van der Waals surface area contributed by atoms with Crippen molar-refractivity contribution in [3.8, 4) is 0 Å². The number of hydrogen-bond donors (Lipinski definition) is 2. The summed E-state index contributed by atoms with van der Waals surface area (Å²) in [6.07, 6.45) is 0. The Morgan fingerprint density at radius 3 is 2.50 bits per heavy atom. The van der Waals surface area contributed by atoms with Gasteiger partial charge in [0, 0.05) is 18.3 Å². The highest BCUT2D eigenvalue weighted by atomic mass is 32.2. The minimum absolute atomic E-state index is 0.0753. The maximum Gasteiger partial charge on any atom is 0.251 e. The first-order valence-electron chi connectivity index (χ1n) is 10.2. The number of anilines is 1. The van der Waals surface area contributed by atoms with Gasteiger partial charge in [-0.05, 0) is 49.2 Å². The Hall–Kier alpha value is -3.20. The lowest BCUT2D eigenvalue weighted by Gasteiger charge is -2.21. The smallest absolute Gasteiger partial charge is 0.251 e. The molecule has 3 aromatic rings. The Labute approximate surface area is 190 Å². The summed E-state index contributed by atoms with van der Waals surface area (Å²) in [5.41, 5.74) is 2.12. The number of aryl methyl sites for hydroxylation is 1. The minimum atomic E-state index is -0.363. The van der Waals surface area contributed by atoms with Crippen molar-refractivity contribution in [1.82, 2.24) is 20.1 Å². The number of carbonyl (C=O) groups is 2. The lowest BCUT2D eigenvalue weighted by Crippen LogP contribution is -2.33. The van der Waals surface area contributed by atoms with Crippen LogP contribution < -0.4 is 10.6 Å². The monoisotopic (exact) mass is 455 g/mol. The van der Waals surface area contributed by atoms with Crippen LogP contribution in [0.4, 0.5) is 10.1 Å². The highest BCUT2D eigenvalue weighted by molar-refractivity contribution is 7.99.